The molecule has 0 radical (unpaired) electrons. The number of hydrogen-bond acceptors (Lipinski definition) is 3. The van der Waals surface area contributed by atoms with Gasteiger partial charge in [0.2, 0.25) is 0 Å². The van der Waals surface area contributed by atoms with E-state index in [0.717, 1.165) is 27.1 Å². The van der Waals surface area contributed by atoms with Gasteiger partial charge in [-0.05, 0) is 18.2 Å². The number of halogens is 2. The number of benzene rings is 2. The first kappa shape index (κ1) is 14.7. The first-order chi connectivity index (χ1) is 10.1. The lowest BCUT2D eigenvalue weighted by Gasteiger charge is -2.31. The quantitative estimate of drug-likeness (QED) is 0.840. The van der Waals surface area contributed by atoms with E-state index in [9.17, 15) is 0 Å². The molecule has 2 aromatic rings. The van der Waals surface area contributed by atoms with Crippen LogP contribution in [0.2, 0.25) is 5.02 Å². The minimum absolute atomic E-state index is 0.0793. The highest BCUT2D eigenvalue weighted by Gasteiger charge is 2.28. The van der Waals surface area contributed by atoms with Crippen LogP contribution in [-0.4, -0.2) is 7.11 Å². The Hall–Kier alpha value is -1.23. The first-order valence-electron chi connectivity index (χ1n) is 6.63. The third-order valence-corrected chi connectivity index (χ3v) is 4.49. The van der Waals surface area contributed by atoms with Gasteiger partial charge in [-0.25, -0.2) is 0 Å². The van der Waals surface area contributed by atoms with Gasteiger partial charge in [0.25, 0.3) is 0 Å². The van der Waals surface area contributed by atoms with E-state index in [1.807, 2.05) is 36.4 Å². The molecule has 2 aromatic carbocycles. The zero-order valence-corrected chi connectivity index (χ0v) is 13.8. The van der Waals surface area contributed by atoms with Crippen molar-refractivity contribution in [3.8, 4) is 11.5 Å². The van der Waals surface area contributed by atoms with Crippen LogP contribution >= 0.6 is 27.5 Å². The second kappa shape index (κ2) is 5.87. The van der Waals surface area contributed by atoms with E-state index in [0.29, 0.717) is 11.4 Å². The average molecular weight is 369 g/mol. The summed E-state index contributed by atoms with van der Waals surface area (Å²) >= 11 is 9.73. The summed E-state index contributed by atoms with van der Waals surface area (Å²) in [5, 5.41) is 0.674. The molecule has 0 saturated heterocycles. The van der Waals surface area contributed by atoms with Crippen LogP contribution in [0.1, 0.15) is 29.7 Å². The summed E-state index contributed by atoms with van der Waals surface area (Å²) in [6, 6.07) is 11.4. The van der Waals surface area contributed by atoms with Gasteiger partial charge in [0.1, 0.15) is 17.6 Å². The van der Waals surface area contributed by atoms with Crippen molar-refractivity contribution in [2.75, 3.05) is 7.11 Å². The molecule has 0 fully saturated rings. The van der Waals surface area contributed by atoms with E-state index in [4.69, 9.17) is 26.8 Å². The van der Waals surface area contributed by atoms with Crippen molar-refractivity contribution in [1.29, 1.82) is 0 Å². The van der Waals surface area contributed by atoms with Crippen LogP contribution in [-0.2, 0) is 0 Å². The van der Waals surface area contributed by atoms with Gasteiger partial charge in [0.15, 0.2) is 0 Å². The summed E-state index contributed by atoms with van der Waals surface area (Å²) in [6.07, 6.45) is 0.543. The maximum Gasteiger partial charge on any atom is 0.128 e. The molecule has 110 valence electrons. The van der Waals surface area contributed by atoms with Gasteiger partial charge in [-0.2, -0.15) is 0 Å². The second-order valence-electron chi connectivity index (χ2n) is 5.02. The first-order valence-corrected chi connectivity index (χ1v) is 7.80. The molecule has 1 aliphatic heterocycles. The monoisotopic (exact) mass is 367 g/mol. The van der Waals surface area contributed by atoms with E-state index in [1.54, 1.807) is 7.11 Å². The van der Waals surface area contributed by atoms with E-state index >= 15 is 0 Å². The van der Waals surface area contributed by atoms with Crippen LogP contribution in [0.3, 0.4) is 0 Å². The lowest BCUT2D eigenvalue weighted by molar-refractivity contribution is 0.161. The predicted molar refractivity (Wildman–Crippen MR) is 87.1 cm³/mol. The number of nitrogens with two attached hydrogens (primary N) is 1. The number of rotatable bonds is 2. The number of fused-ring (bicyclic) bond motifs is 1. The highest BCUT2D eigenvalue weighted by atomic mass is 79.9. The summed E-state index contributed by atoms with van der Waals surface area (Å²) in [6.45, 7) is 0. The Balaban J connectivity index is 1.96. The molecule has 5 heteroatoms. The lowest BCUT2D eigenvalue weighted by Crippen LogP contribution is -2.24. The molecular weight excluding hydrogens is 354 g/mol. The Bertz CT molecular complexity index is 677. The molecule has 0 amide bonds. The SMILES string of the molecule is COc1ccc2c(c1)OC(c1ccc(Br)cc1Cl)C[C@H]2N. The standard InChI is InChI=1S/C16H15BrClNO2/c1-20-10-3-5-12-14(19)8-16(21-15(12)7-10)11-4-2-9(17)6-13(11)18/h2-7,14,16H,8,19H2,1H3/t14-,16?/m1/s1. The van der Waals surface area contributed by atoms with Crippen LogP contribution in [0.25, 0.3) is 0 Å². The Morgan fingerprint density at radius 3 is 2.71 bits per heavy atom. The minimum atomic E-state index is -0.153. The van der Waals surface area contributed by atoms with Gasteiger partial charge >= 0.3 is 0 Å². The topological polar surface area (TPSA) is 44.5 Å². The van der Waals surface area contributed by atoms with Crippen molar-refractivity contribution in [2.24, 2.45) is 5.73 Å². The highest BCUT2D eigenvalue weighted by molar-refractivity contribution is 9.10. The average Bonchev–Trinajstić information content (AvgIpc) is 2.46. The normalized spacial score (nSPS) is 20.6. The van der Waals surface area contributed by atoms with Crippen LogP contribution < -0.4 is 15.2 Å². The van der Waals surface area contributed by atoms with Crippen molar-refractivity contribution in [2.45, 2.75) is 18.6 Å². The molecule has 0 saturated carbocycles. The van der Waals surface area contributed by atoms with Crippen molar-refractivity contribution in [3.05, 3.63) is 57.0 Å². The zero-order valence-electron chi connectivity index (χ0n) is 11.5. The third kappa shape index (κ3) is 2.89. The molecule has 3 rings (SSSR count). The Kier molecular flexibility index (Phi) is 4.11. The fourth-order valence-corrected chi connectivity index (χ4v) is 3.36. The summed E-state index contributed by atoms with van der Waals surface area (Å²) < 4.78 is 12.3. The fourth-order valence-electron chi connectivity index (χ4n) is 2.56. The van der Waals surface area contributed by atoms with E-state index in [-0.39, 0.29) is 12.1 Å². The van der Waals surface area contributed by atoms with E-state index < -0.39 is 0 Å². The van der Waals surface area contributed by atoms with Crippen molar-refractivity contribution in [1.82, 2.24) is 0 Å². The van der Waals surface area contributed by atoms with Gasteiger partial charge in [0.05, 0.1) is 7.11 Å². The molecular formula is C16H15BrClNO2. The Morgan fingerprint density at radius 2 is 2.00 bits per heavy atom. The largest absolute Gasteiger partial charge is 0.497 e. The molecule has 0 spiro atoms. The zero-order chi connectivity index (χ0) is 15.0. The Morgan fingerprint density at radius 1 is 1.24 bits per heavy atom. The highest BCUT2D eigenvalue weighted by Crippen LogP contribution is 2.43. The molecule has 3 nitrogen and oxygen atoms in total. The molecule has 1 heterocycles. The molecule has 0 aliphatic carbocycles. The summed E-state index contributed by atoms with van der Waals surface area (Å²) in [5.41, 5.74) is 8.22. The number of hydrogen-bond donors (Lipinski definition) is 1. The fraction of sp³-hybridized carbons (Fsp3) is 0.250. The van der Waals surface area contributed by atoms with Gasteiger partial charge in [-0.15, -0.1) is 0 Å². The van der Waals surface area contributed by atoms with Gasteiger partial charge < -0.3 is 15.2 Å². The van der Waals surface area contributed by atoms with E-state index in [2.05, 4.69) is 15.9 Å². The van der Waals surface area contributed by atoms with Crippen molar-refractivity contribution < 1.29 is 9.47 Å². The Labute approximate surface area is 137 Å². The van der Waals surface area contributed by atoms with Gasteiger partial charge in [-0.1, -0.05) is 39.7 Å². The molecule has 0 bridgehead atoms. The van der Waals surface area contributed by atoms with Crippen LogP contribution in [0.4, 0.5) is 0 Å². The second-order valence-corrected chi connectivity index (χ2v) is 6.34. The number of ether oxygens (including phenoxy) is 2. The molecule has 0 aromatic heterocycles. The molecule has 2 atom stereocenters. The molecule has 2 N–H and O–H groups in total. The van der Waals surface area contributed by atoms with Gasteiger partial charge in [-0.3, -0.25) is 0 Å². The predicted octanol–water partition coefficient (Wildman–Crippen LogP) is 4.63. The van der Waals surface area contributed by atoms with Crippen molar-refractivity contribution in [3.63, 3.8) is 0 Å². The maximum atomic E-state index is 6.32. The lowest BCUT2D eigenvalue weighted by atomic mass is 9.93. The minimum Gasteiger partial charge on any atom is -0.497 e. The molecule has 21 heavy (non-hydrogen) atoms. The number of methoxy groups -OCH3 is 1. The van der Waals surface area contributed by atoms with Crippen LogP contribution in [0, 0.1) is 0 Å². The summed E-state index contributed by atoms with van der Waals surface area (Å²) in [4.78, 5) is 0. The third-order valence-electron chi connectivity index (χ3n) is 3.67. The van der Waals surface area contributed by atoms with Crippen LogP contribution in [0.15, 0.2) is 40.9 Å². The molecule has 1 aliphatic rings. The summed E-state index contributed by atoms with van der Waals surface area (Å²) in [7, 11) is 1.63. The maximum absolute atomic E-state index is 6.32. The van der Waals surface area contributed by atoms with E-state index in [1.165, 1.54) is 0 Å². The molecule has 1 unspecified atom stereocenters. The smallest absolute Gasteiger partial charge is 0.128 e. The summed E-state index contributed by atoms with van der Waals surface area (Å²) in [5.74, 6) is 1.51. The van der Waals surface area contributed by atoms with Crippen LogP contribution in [0.5, 0.6) is 11.5 Å². The van der Waals surface area contributed by atoms with Gasteiger partial charge in [0, 0.05) is 39.2 Å². The van der Waals surface area contributed by atoms with Crippen molar-refractivity contribution >= 4 is 27.5 Å².